The molecular weight excluding hydrogens is 264 g/mol. The van der Waals surface area contributed by atoms with Gasteiger partial charge in [0.25, 0.3) is 0 Å². The Labute approximate surface area is 115 Å². The molecule has 1 aromatic heterocycles. The molecule has 0 radical (unpaired) electrons. The van der Waals surface area contributed by atoms with Gasteiger partial charge in [0.05, 0.1) is 0 Å². The van der Waals surface area contributed by atoms with Crippen molar-refractivity contribution in [1.29, 1.82) is 0 Å². The number of furan rings is 1. The van der Waals surface area contributed by atoms with Crippen LogP contribution in [0.4, 0.5) is 0 Å². The zero-order valence-corrected chi connectivity index (χ0v) is 13.1. The van der Waals surface area contributed by atoms with Gasteiger partial charge in [0.15, 0.2) is 0 Å². The van der Waals surface area contributed by atoms with Crippen molar-refractivity contribution in [2.24, 2.45) is 0 Å². The van der Waals surface area contributed by atoms with Gasteiger partial charge in [-0.2, -0.15) is 0 Å². The van der Waals surface area contributed by atoms with Crippen LogP contribution in [0.1, 0.15) is 44.3 Å². The third-order valence-corrected chi connectivity index (χ3v) is 4.57. The van der Waals surface area contributed by atoms with Crippen molar-refractivity contribution in [3.8, 4) is 0 Å². The van der Waals surface area contributed by atoms with Gasteiger partial charge in [0, 0.05) is 18.2 Å². The maximum atomic E-state index is 12.3. The average Bonchev–Trinajstić information content (AvgIpc) is 2.52. The molecule has 19 heavy (non-hydrogen) atoms. The van der Waals surface area contributed by atoms with Gasteiger partial charge < -0.3 is 9.73 Å². The lowest BCUT2D eigenvalue weighted by atomic mass is 10.2. The highest BCUT2D eigenvalue weighted by Gasteiger charge is 2.26. The normalized spacial score (nSPS) is 12.3. The van der Waals surface area contributed by atoms with Crippen molar-refractivity contribution in [3.05, 3.63) is 17.1 Å². The Morgan fingerprint density at radius 1 is 1.21 bits per heavy atom. The second kappa shape index (κ2) is 6.54. The number of aryl methyl sites for hydroxylation is 2. The van der Waals surface area contributed by atoms with E-state index in [1.165, 1.54) is 0 Å². The van der Waals surface area contributed by atoms with E-state index in [0.29, 0.717) is 18.1 Å². The SMILES string of the molecule is CCCNCc1c(C)oc(C)c1S(=O)(=O)NC(C)C. The van der Waals surface area contributed by atoms with Crippen molar-refractivity contribution in [1.82, 2.24) is 10.0 Å². The minimum atomic E-state index is -3.52. The van der Waals surface area contributed by atoms with Crippen LogP contribution in [-0.4, -0.2) is 21.0 Å². The Hall–Kier alpha value is -0.850. The molecule has 1 rings (SSSR count). The number of rotatable bonds is 7. The van der Waals surface area contributed by atoms with E-state index in [0.717, 1.165) is 18.5 Å². The lowest BCUT2D eigenvalue weighted by Gasteiger charge is -2.11. The molecule has 0 amide bonds. The summed E-state index contributed by atoms with van der Waals surface area (Å²) in [6.45, 7) is 10.5. The van der Waals surface area contributed by atoms with E-state index < -0.39 is 10.0 Å². The molecule has 0 aliphatic rings. The second-order valence-electron chi connectivity index (χ2n) is 4.97. The summed E-state index contributed by atoms with van der Waals surface area (Å²) in [5.41, 5.74) is 0.721. The van der Waals surface area contributed by atoms with Gasteiger partial charge >= 0.3 is 0 Å². The molecule has 0 atom stereocenters. The molecular formula is C13H24N2O3S. The van der Waals surface area contributed by atoms with Gasteiger partial charge in [-0.1, -0.05) is 6.92 Å². The lowest BCUT2D eigenvalue weighted by molar-refractivity contribution is 0.492. The molecule has 110 valence electrons. The average molecular weight is 288 g/mol. The van der Waals surface area contributed by atoms with Crippen LogP contribution in [0, 0.1) is 13.8 Å². The molecule has 0 bridgehead atoms. The first-order valence-electron chi connectivity index (χ1n) is 6.61. The van der Waals surface area contributed by atoms with Crippen LogP contribution in [0.15, 0.2) is 9.31 Å². The molecule has 0 aliphatic carbocycles. The fourth-order valence-electron chi connectivity index (χ4n) is 2.03. The van der Waals surface area contributed by atoms with Crippen LogP contribution in [0.5, 0.6) is 0 Å². The lowest BCUT2D eigenvalue weighted by Crippen LogP contribution is -2.31. The first-order chi connectivity index (χ1) is 8.79. The van der Waals surface area contributed by atoms with E-state index in [2.05, 4.69) is 17.0 Å². The second-order valence-corrected chi connectivity index (χ2v) is 6.63. The molecule has 0 aliphatic heterocycles. The Balaban J connectivity index is 3.12. The third-order valence-electron chi connectivity index (χ3n) is 2.71. The van der Waals surface area contributed by atoms with Gasteiger partial charge in [0.2, 0.25) is 10.0 Å². The van der Waals surface area contributed by atoms with Crippen molar-refractivity contribution in [2.75, 3.05) is 6.54 Å². The summed E-state index contributed by atoms with van der Waals surface area (Å²) < 4.78 is 32.8. The van der Waals surface area contributed by atoms with Crippen LogP contribution in [0.3, 0.4) is 0 Å². The van der Waals surface area contributed by atoms with Gasteiger partial charge in [-0.15, -0.1) is 0 Å². The van der Waals surface area contributed by atoms with Crippen LogP contribution in [0.25, 0.3) is 0 Å². The Bertz CT molecular complexity index is 518. The standard InChI is InChI=1S/C13H24N2O3S/c1-6-7-14-8-12-10(4)18-11(5)13(12)19(16,17)15-9(2)3/h9,14-15H,6-8H2,1-5H3. The first-order valence-corrected chi connectivity index (χ1v) is 8.09. The van der Waals surface area contributed by atoms with Crippen molar-refractivity contribution in [3.63, 3.8) is 0 Å². The largest absolute Gasteiger partial charge is 0.465 e. The monoisotopic (exact) mass is 288 g/mol. The van der Waals surface area contributed by atoms with E-state index in [9.17, 15) is 8.42 Å². The third kappa shape index (κ3) is 4.06. The van der Waals surface area contributed by atoms with Crippen LogP contribution >= 0.6 is 0 Å². The summed E-state index contributed by atoms with van der Waals surface area (Å²) in [6.07, 6.45) is 1.00. The van der Waals surface area contributed by atoms with Crippen molar-refractivity contribution < 1.29 is 12.8 Å². The summed E-state index contributed by atoms with van der Waals surface area (Å²) >= 11 is 0. The molecule has 0 fully saturated rings. The number of sulfonamides is 1. The summed E-state index contributed by atoms with van der Waals surface area (Å²) in [5, 5.41) is 3.22. The number of hydrogen-bond donors (Lipinski definition) is 2. The Kier molecular flexibility index (Phi) is 5.58. The van der Waals surface area contributed by atoms with Gasteiger partial charge in [0.1, 0.15) is 16.4 Å². The summed E-state index contributed by atoms with van der Waals surface area (Å²) in [4.78, 5) is 0.280. The van der Waals surface area contributed by atoms with Crippen LogP contribution in [0.2, 0.25) is 0 Å². The molecule has 5 nitrogen and oxygen atoms in total. The smallest absolute Gasteiger partial charge is 0.244 e. The zero-order valence-electron chi connectivity index (χ0n) is 12.3. The minimum absolute atomic E-state index is 0.143. The highest BCUT2D eigenvalue weighted by molar-refractivity contribution is 7.89. The number of hydrogen-bond acceptors (Lipinski definition) is 4. The molecule has 1 heterocycles. The van der Waals surface area contributed by atoms with Gasteiger partial charge in [-0.25, -0.2) is 13.1 Å². The van der Waals surface area contributed by atoms with Crippen LogP contribution in [-0.2, 0) is 16.6 Å². The van der Waals surface area contributed by atoms with Crippen molar-refractivity contribution in [2.45, 2.75) is 58.5 Å². The van der Waals surface area contributed by atoms with E-state index in [-0.39, 0.29) is 10.9 Å². The van der Waals surface area contributed by atoms with E-state index in [1.807, 2.05) is 0 Å². The fourth-order valence-corrected chi connectivity index (χ4v) is 3.72. The van der Waals surface area contributed by atoms with E-state index in [1.54, 1.807) is 27.7 Å². The van der Waals surface area contributed by atoms with E-state index >= 15 is 0 Å². The highest BCUT2D eigenvalue weighted by Crippen LogP contribution is 2.26. The molecule has 0 spiro atoms. The molecule has 0 unspecified atom stereocenters. The summed E-state index contributed by atoms with van der Waals surface area (Å²) in [5.74, 6) is 1.10. The molecule has 0 aromatic carbocycles. The Morgan fingerprint density at radius 3 is 2.37 bits per heavy atom. The molecule has 1 aromatic rings. The summed E-state index contributed by atoms with van der Waals surface area (Å²) in [7, 11) is -3.52. The molecule has 2 N–H and O–H groups in total. The topological polar surface area (TPSA) is 71.3 Å². The maximum absolute atomic E-state index is 12.3. The maximum Gasteiger partial charge on any atom is 0.244 e. The highest BCUT2D eigenvalue weighted by atomic mass is 32.2. The predicted octanol–water partition coefficient (Wildman–Crippen LogP) is 2.08. The minimum Gasteiger partial charge on any atom is -0.465 e. The predicted molar refractivity (Wildman–Crippen MR) is 75.6 cm³/mol. The van der Waals surface area contributed by atoms with E-state index in [4.69, 9.17) is 4.42 Å². The zero-order chi connectivity index (χ0) is 14.6. The first kappa shape index (κ1) is 16.2. The Morgan fingerprint density at radius 2 is 1.84 bits per heavy atom. The molecule has 0 saturated heterocycles. The van der Waals surface area contributed by atoms with Gasteiger partial charge in [-0.3, -0.25) is 0 Å². The van der Waals surface area contributed by atoms with Gasteiger partial charge in [-0.05, 0) is 40.7 Å². The number of nitrogens with one attached hydrogen (secondary N) is 2. The van der Waals surface area contributed by atoms with Crippen LogP contribution < -0.4 is 10.0 Å². The molecule has 0 saturated carbocycles. The fraction of sp³-hybridized carbons (Fsp3) is 0.692. The van der Waals surface area contributed by atoms with Crippen molar-refractivity contribution >= 4 is 10.0 Å². The summed E-state index contributed by atoms with van der Waals surface area (Å²) in [6, 6.07) is -0.143. The molecule has 6 heteroatoms. The quantitative estimate of drug-likeness (QED) is 0.754.